The zero-order valence-electron chi connectivity index (χ0n) is 9.33. The van der Waals surface area contributed by atoms with Gasteiger partial charge in [-0.05, 0) is 28.6 Å². The van der Waals surface area contributed by atoms with Crippen molar-refractivity contribution >= 4 is 27.7 Å². The molecule has 3 nitrogen and oxygen atoms in total. The first-order valence-electron chi connectivity index (χ1n) is 5.00. The average Bonchev–Trinajstić information content (AvgIpc) is 2.42. The van der Waals surface area contributed by atoms with E-state index >= 15 is 0 Å². The van der Waals surface area contributed by atoms with Crippen LogP contribution in [-0.2, 0) is 13.5 Å². The third-order valence-electron chi connectivity index (χ3n) is 2.20. The molecule has 1 unspecified atom stereocenters. The summed E-state index contributed by atoms with van der Waals surface area (Å²) in [6.07, 6.45) is 0.367. The molecule has 1 heterocycles. The highest BCUT2D eigenvalue weighted by Gasteiger charge is 2.14. The van der Waals surface area contributed by atoms with Gasteiger partial charge in [0.05, 0.1) is 22.0 Å². The summed E-state index contributed by atoms with van der Waals surface area (Å²) < 4.78 is 2.85. The van der Waals surface area contributed by atoms with Crippen LogP contribution in [0.1, 0.15) is 18.3 Å². The molecule has 0 bridgehead atoms. The summed E-state index contributed by atoms with van der Waals surface area (Å²) in [4.78, 5) is 0. The first-order chi connectivity index (χ1) is 7.06. The van der Waals surface area contributed by atoms with Crippen LogP contribution < -0.4 is 0 Å². The number of aryl methyl sites for hydroxylation is 2. The topological polar surface area (TPSA) is 38.1 Å². The Morgan fingerprint density at radius 2 is 2.27 bits per heavy atom. The number of rotatable bonds is 5. The lowest BCUT2D eigenvalue weighted by atomic mass is 10.2. The van der Waals surface area contributed by atoms with Crippen molar-refractivity contribution < 1.29 is 5.11 Å². The fourth-order valence-electron chi connectivity index (χ4n) is 1.44. The van der Waals surface area contributed by atoms with Crippen LogP contribution in [0, 0.1) is 6.92 Å². The number of aliphatic hydroxyl groups is 1. The summed E-state index contributed by atoms with van der Waals surface area (Å²) >= 11 is 5.26. The standard InChI is InChI=1S/C10H17BrN2OS/c1-4-15-6-8(14)5-9-10(11)7(2)12-13(9)3/h8,14H,4-6H2,1-3H3. The van der Waals surface area contributed by atoms with E-state index in [2.05, 4.69) is 28.0 Å². The quantitative estimate of drug-likeness (QED) is 0.904. The van der Waals surface area contributed by atoms with E-state index in [0.717, 1.165) is 27.4 Å². The smallest absolute Gasteiger partial charge is 0.0738 e. The predicted octanol–water partition coefficient (Wildman–Crippen LogP) is 2.15. The molecule has 0 fully saturated rings. The van der Waals surface area contributed by atoms with Gasteiger partial charge in [0.2, 0.25) is 0 Å². The van der Waals surface area contributed by atoms with Crippen molar-refractivity contribution in [3.05, 3.63) is 15.9 Å². The molecule has 0 saturated heterocycles. The molecule has 0 aliphatic heterocycles. The predicted molar refractivity (Wildman–Crippen MR) is 68.4 cm³/mol. The fraction of sp³-hybridized carbons (Fsp3) is 0.700. The van der Waals surface area contributed by atoms with Gasteiger partial charge >= 0.3 is 0 Å². The van der Waals surface area contributed by atoms with Crippen LogP contribution in [0.25, 0.3) is 0 Å². The molecule has 1 aromatic rings. The van der Waals surface area contributed by atoms with Gasteiger partial charge < -0.3 is 5.11 Å². The lowest BCUT2D eigenvalue weighted by Gasteiger charge is -2.10. The Kier molecular flexibility index (Phi) is 5.15. The Bertz CT molecular complexity index is 327. The van der Waals surface area contributed by atoms with E-state index in [0.29, 0.717) is 6.42 Å². The molecule has 1 N–H and O–H groups in total. The van der Waals surface area contributed by atoms with Gasteiger partial charge in [-0.2, -0.15) is 16.9 Å². The average molecular weight is 293 g/mol. The fourth-order valence-corrected chi connectivity index (χ4v) is 2.56. The van der Waals surface area contributed by atoms with Crippen molar-refractivity contribution in [3.63, 3.8) is 0 Å². The normalized spacial score (nSPS) is 13.1. The lowest BCUT2D eigenvalue weighted by Crippen LogP contribution is -2.16. The van der Waals surface area contributed by atoms with E-state index in [1.165, 1.54) is 0 Å². The maximum Gasteiger partial charge on any atom is 0.0738 e. The van der Waals surface area contributed by atoms with Crippen molar-refractivity contribution in [2.45, 2.75) is 26.4 Å². The van der Waals surface area contributed by atoms with Crippen LogP contribution in [0.3, 0.4) is 0 Å². The van der Waals surface area contributed by atoms with Crippen molar-refractivity contribution in [1.82, 2.24) is 9.78 Å². The summed E-state index contributed by atoms with van der Waals surface area (Å²) in [7, 11) is 1.91. The van der Waals surface area contributed by atoms with Gasteiger partial charge in [0.25, 0.3) is 0 Å². The Morgan fingerprint density at radius 3 is 2.73 bits per heavy atom. The molecule has 0 radical (unpaired) electrons. The summed E-state index contributed by atoms with van der Waals surface area (Å²) in [5, 5.41) is 14.1. The summed E-state index contributed by atoms with van der Waals surface area (Å²) in [5.41, 5.74) is 2.04. The first kappa shape index (κ1) is 13.1. The van der Waals surface area contributed by atoms with Gasteiger partial charge in [-0.15, -0.1) is 0 Å². The Hall–Kier alpha value is 0. The molecule has 0 aliphatic carbocycles. The van der Waals surface area contributed by atoms with Crippen molar-refractivity contribution in [2.24, 2.45) is 7.05 Å². The van der Waals surface area contributed by atoms with Crippen molar-refractivity contribution in [2.75, 3.05) is 11.5 Å². The van der Waals surface area contributed by atoms with E-state index in [1.54, 1.807) is 11.8 Å². The largest absolute Gasteiger partial charge is 0.392 e. The SMILES string of the molecule is CCSCC(O)Cc1c(Br)c(C)nn1C. The number of hydrogen-bond acceptors (Lipinski definition) is 3. The third-order valence-corrected chi connectivity index (χ3v) is 4.27. The maximum absolute atomic E-state index is 9.81. The number of halogens is 1. The first-order valence-corrected chi connectivity index (χ1v) is 6.94. The molecular weight excluding hydrogens is 276 g/mol. The second kappa shape index (κ2) is 5.92. The molecular formula is C10H17BrN2OS. The van der Waals surface area contributed by atoms with Gasteiger partial charge in [-0.1, -0.05) is 6.92 Å². The zero-order chi connectivity index (χ0) is 11.4. The highest BCUT2D eigenvalue weighted by molar-refractivity contribution is 9.10. The zero-order valence-corrected chi connectivity index (χ0v) is 11.7. The second-order valence-corrected chi connectivity index (χ2v) is 5.60. The molecule has 0 amide bonds. The van der Waals surface area contributed by atoms with Gasteiger partial charge in [0, 0.05) is 19.2 Å². The minimum Gasteiger partial charge on any atom is -0.392 e. The van der Waals surface area contributed by atoms with Crippen molar-refractivity contribution in [1.29, 1.82) is 0 Å². The molecule has 0 aliphatic rings. The van der Waals surface area contributed by atoms with Crippen LogP contribution in [0.4, 0.5) is 0 Å². The van der Waals surface area contributed by atoms with Crippen LogP contribution in [0.15, 0.2) is 4.47 Å². The van der Waals surface area contributed by atoms with Crippen molar-refractivity contribution in [3.8, 4) is 0 Å². The van der Waals surface area contributed by atoms with Crippen LogP contribution >= 0.6 is 27.7 Å². The van der Waals surface area contributed by atoms with Gasteiger partial charge in [-0.25, -0.2) is 0 Å². The molecule has 0 spiro atoms. The molecule has 1 rings (SSSR count). The number of aromatic nitrogens is 2. The van der Waals surface area contributed by atoms with Crippen LogP contribution in [0.5, 0.6) is 0 Å². The summed E-state index contributed by atoms with van der Waals surface area (Å²) in [5.74, 6) is 1.83. The number of aliphatic hydroxyl groups excluding tert-OH is 1. The van der Waals surface area contributed by atoms with Gasteiger partial charge in [0.15, 0.2) is 0 Å². The highest BCUT2D eigenvalue weighted by atomic mass is 79.9. The summed E-state index contributed by atoms with van der Waals surface area (Å²) in [6.45, 7) is 4.06. The molecule has 0 aromatic carbocycles. The minimum atomic E-state index is -0.291. The number of hydrogen-bond donors (Lipinski definition) is 1. The molecule has 15 heavy (non-hydrogen) atoms. The minimum absolute atomic E-state index is 0.291. The maximum atomic E-state index is 9.81. The van der Waals surface area contributed by atoms with E-state index in [4.69, 9.17) is 0 Å². The Balaban J connectivity index is 2.63. The van der Waals surface area contributed by atoms with Crippen LogP contribution in [-0.4, -0.2) is 32.5 Å². The van der Waals surface area contributed by atoms with Crippen LogP contribution in [0.2, 0.25) is 0 Å². The van der Waals surface area contributed by atoms with Gasteiger partial charge in [0.1, 0.15) is 0 Å². The van der Waals surface area contributed by atoms with E-state index in [9.17, 15) is 5.11 Å². The molecule has 86 valence electrons. The highest BCUT2D eigenvalue weighted by Crippen LogP contribution is 2.22. The van der Waals surface area contributed by atoms with E-state index in [1.807, 2.05) is 18.7 Å². The number of thioether (sulfide) groups is 1. The monoisotopic (exact) mass is 292 g/mol. The van der Waals surface area contributed by atoms with Gasteiger partial charge in [-0.3, -0.25) is 4.68 Å². The second-order valence-electron chi connectivity index (χ2n) is 3.49. The lowest BCUT2D eigenvalue weighted by molar-refractivity contribution is 0.197. The molecule has 5 heteroatoms. The van der Waals surface area contributed by atoms with E-state index in [-0.39, 0.29) is 6.10 Å². The Morgan fingerprint density at radius 1 is 1.60 bits per heavy atom. The molecule has 1 aromatic heterocycles. The number of nitrogens with zero attached hydrogens (tertiary/aromatic N) is 2. The third kappa shape index (κ3) is 3.50. The molecule has 1 atom stereocenters. The Labute approximate surface area is 103 Å². The molecule has 0 saturated carbocycles. The summed E-state index contributed by atoms with van der Waals surface area (Å²) in [6, 6.07) is 0. The van der Waals surface area contributed by atoms with E-state index < -0.39 is 0 Å².